The molecule has 0 saturated carbocycles. The van der Waals surface area contributed by atoms with Crippen molar-refractivity contribution in [2.45, 2.75) is 77.6 Å². The maximum atomic E-state index is 8.90. The zero-order valence-electron chi connectivity index (χ0n) is 14.4. The third-order valence-corrected chi connectivity index (χ3v) is 4.26. The van der Waals surface area contributed by atoms with Crippen molar-refractivity contribution >= 4 is 6.08 Å². The van der Waals surface area contributed by atoms with E-state index < -0.39 is 0 Å². The fraction of sp³-hybridized carbons (Fsp3) is 0.619. The van der Waals surface area contributed by atoms with Gasteiger partial charge in [0, 0.05) is 0 Å². The second kappa shape index (κ2) is 13.6. The van der Waals surface area contributed by atoms with Gasteiger partial charge >= 0.3 is 0 Å². The quantitative estimate of drug-likeness (QED) is 0.433. The Labute approximate surface area is 137 Å². The van der Waals surface area contributed by atoms with Gasteiger partial charge in [-0.1, -0.05) is 101 Å². The van der Waals surface area contributed by atoms with Crippen molar-refractivity contribution in [1.82, 2.24) is 0 Å². The van der Waals surface area contributed by atoms with Crippen molar-refractivity contribution in [3.05, 3.63) is 41.5 Å². The molecule has 0 aliphatic carbocycles. The second-order valence-corrected chi connectivity index (χ2v) is 6.22. The standard InChI is InChI=1S/C21H34O/c1-2-3-4-5-6-7-8-9-10-11-15-20-16-12-13-17-21(20)18-14-19-22/h12-14,16-18,22H,2-11,15,19H2,1H3/b18-14+. The van der Waals surface area contributed by atoms with Gasteiger partial charge in [0.2, 0.25) is 0 Å². The highest BCUT2D eigenvalue weighted by Gasteiger charge is 1.99. The molecule has 0 aliphatic heterocycles. The Morgan fingerprint density at radius 2 is 1.41 bits per heavy atom. The fourth-order valence-electron chi connectivity index (χ4n) is 2.91. The molecule has 0 spiro atoms. The Morgan fingerprint density at radius 3 is 2.05 bits per heavy atom. The van der Waals surface area contributed by atoms with Crippen LogP contribution in [0.5, 0.6) is 0 Å². The van der Waals surface area contributed by atoms with E-state index in [1.54, 1.807) is 0 Å². The maximum Gasteiger partial charge on any atom is 0.0615 e. The van der Waals surface area contributed by atoms with E-state index in [1.807, 2.05) is 12.2 Å². The second-order valence-electron chi connectivity index (χ2n) is 6.22. The van der Waals surface area contributed by atoms with Crippen molar-refractivity contribution in [1.29, 1.82) is 0 Å². The van der Waals surface area contributed by atoms with E-state index in [0.717, 1.165) is 6.42 Å². The number of aliphatic hydroxyl groups excluding tert-OH is 1. The van der Waals surface area contributed by atoms with E-state index in [4.69, 9.17) is 5.11 Å². The van der Waals surface area contributed by atoms with E-state index in [9.17, 15) is 0 Å². The summed E-state index contributed by atoms with van der Waals surface area (Å²) in [5.41, 5.74) is 2.67. The van der Waals surface area contributed by atoms with E-state index in [-0.39, 0.29) is 6.61 Å². The van der Waals surface area contributed by atoms with Crippen LogP contribution in [0.2, 0.25) is 0 Å². The topological polar surface area (TPSA) is 20.2 Å². The Kier molecular flexibility index (Phi) is 11.7. The van der Waals surface area contributed by atoms with E-state index in [0.29, 0.717) is 0 Å². The molecule has 0 radical (unpaired) electrons. The number of hydrogen-bond donors (Lipinski definition) is 1. The molecular formula is C21H34O. The van der Waals surface area contributed by atoms with Crippen LogP contribution in [0.1, 0.15) is 82.3 Å². The van der Waals surface area contributed by atoms with Gasteiger partial charge in [-0.15, -0.1) is 0 Å². The summed E-state index contributed by atoms with van der Waals surface area (Å²) >= 11 is 0. The highest BCUT2D eigenvalue weighted by molar-refractivity contribution is 5.53. The summed E-state index contributed by atoms with van der Waals surface area (Å²) in [5.74, 6) is 0. The third kappa shape index (κ3) is 9.04. The van der Waals surface area contributed by atoms with Gasteiger partial charge in [0.1, 0.15) is 0 Å². The number of aryl methyl sites for hydroxylation is 1. The van der Waals surface area contributed by atoms with Crippen LogP contribution in [0, 0.1) is 0 Å². The first-order valence-electron chi connectivity index (χ1n) is 9.23. The molecule has 0 unspecified atom stereocenters. The van der Waals surface area contributed by atoms with Gasteiger partial charge in [-0.25, -0.2) is 0 Å². The van der Waals surface area contributed by atoms with Crippen LogP contribution in [-0.4, -0.2) is 11.7 Å². The van der Waals surface area contributed by atoms with Gasteiger partial charge in [-0.05, 0) is 24.0 Å². The van der Waals surface area contributed by atoms with Gasteiger partial charge in [0.05, 0.1) is 6.61 Å². The van der Waals surface area contributed by atoms with Gasteiger partial charge < -0.3 is 5.11 Å². The van der Waals surface area contributed by atoms with Crippen LogP contribution in [0.25, 0.3) is 6.08 Å². The lowest BCUT2D eigenvalue weighted by Crippen LogP contribution is -1.90. The Hall–Kier alpha value is -1.08. The van der Waals surface area contributed by atoms with Crippen LogP contribution in [0.3, 0.4) is 0 Å². The number of aliphatic hydroxyl groups is 1. The van der Waals surface area contributed by atoms with E-state index >= 15 is 0 Å². The van der Waals surface area contributed by atoms with Gasteiger partial charge in [-0.2, -0.15) is 0 Å². The average molecular weight is 303 g/mol. The normalized spacial score (nSPS) is 11.4. The maximum absolute atomic E-state index is 8.90. The van der Waals surface area contributed by atoms with Crippen LogP contribution < -0.4 is 0 Å². The van der Waals surface area contributed by atoms with Gasteiger partial charge in [0.25, 0.3) is 0 Å². The van der Waals surface area contributed by atoms with Crippen molar-refractivity contribution < 1.29 is 5.11 Å². The number of hydrogen-bond acceptors (Lipinski definition) is 1. The lowest BCUT2D eigenvalue weighted by molar-refractivity contribution is 0.343. The summed E-state index contributed by atoms with van der Waals surface area (Å²) in [7, 11) is 0. The molecule has 0 aromatic heterocycles. The summed E-state index contributed by atoms with van der Waals surface area (Å²) in [6.07, 6.45) is 18.8. The number of benzene rings is 1. The smallest absolute Gasteiger partial charge is 0.0615 e. The first-order valence-corrected chi connectivity index (χ1v) is 9.23. The molecule has 0 aliphatic rings. The molecule has 1 heteroatoms. The predicted octanol–water partition coefficient (Wildman–Crippen LogP) is 6.16. The van der Waals surface area contributed by atoms with Crippen LogP contribution in [0.15, 0.2) is 30.3 Å². The van der Waals surface area contributed by atoms with Crippen LogP contribution >= 0.6 is 0 Å². The Bertz CT molecular complexity index is 395. The molecule has 0 bridgehead atoms. The highest BCUT2D eigenvalue weighted by Crippen LogP contribution is 2.16. The molecule has 1 nitrogen and oxygen atoms in total. The number of rotatable bonds is 13. The number of unbranched alkanes of at least 4 members (excludes halogenated alkanes) is 9. The Morgan fingerprint density at radius 1 is 0.818 bits per heavy atom. The monoisotopic (exact) mass is 302 g/mol. The molecule has 0 saturated heterocycles. The molecule has 1 aromatic carbocycles. The fourth-order valence-corrected chi connectivity index (χ4v) is 2.91. The van der Waals surface area contributed by atoms with Crippen molar-refractivity contribution in [3.8, 4) is 0 Å². The van der Waals surface area contributed by atoms with Crippen molar-refractivity contribution in [3.63, 3.8) is 0 Å². The average Bonchev–Trinajstić information content (AvgIpc) is 2.55. The molecule has 1 N–H and O–H groups in total. The van der Waals surface area contributed by atoms with Crippen LogP contribution in [0.4, 0.5) is 0 Å². The molecule has 0 fully saturated rings. The van der Waals surface area contributed by atoms with Gasteiger partial charge in [0.15, 0.2) is 0 Å². The zero-order valence-corrected chi connectivity index (χ0v) is 14.4. The zero-order chi connectivity index (χ0) is 15.9. The van der Waals surface area contributed by atoms with Gasteiger partial charge in [-0.3, -0.25) is 0 Å². The first kappa shape index (κ1) is 19.0. The molecule has 0 amide bonds. The molecular weight excluding hydrogens is 268 g/mol. The summed E-state index contributed by atoms with van der Waals surface area (Å²) in [6.45, 7) is 2.39. The Balaban J connectivity index is 2.08. The molecule has 0 atom stereocenters. The van der Waals surface area contributed by atoms with Crippen molar-refractivity contribution in [2.75, 3.05) is 6.61 Å². The molecule has 1 rings (SSSR count). The largest absolute Gasteiger partial charge is 0.392 e. The minimum absolute atomic E-state index is 0.118. The predicted molar refractivity (Wildman–Crippen MR) is 98.1 cm³/mol. The SMILES string of the molecule is CCCCCCCCCCCCc1ccccc1/C=C/CO. The van der Waals surface area contributed by atoms with Crippen molar-refractivity contribution in [2.24, 2.45) is 0 Å². The first-order chi connectivity index (χ1) is 10.9. The molecule has 22 heavy (non-hydrogen) atoms. The molecule has 1 aromatic rings. The molecule has 124 valence electrons. The third-order valence-electron chi connectivity index (χ3n) is 4.26. The van der Waals surface area contributed by atoms with E-state index in [2.05, 4.69) is 31.2 Å². The summed E-state index contributed by atoms with van der Waals surface area (Å²) in [5, 5.41) is 8.90. The summed E-state index contributed by atoms with van der Waals surface area (Å²) < 4.78 is 0. The summed E-state index contributed by atoms with van der Waals surface area (Å²) in [6, 6.07) is 8.53. The lowest BCUT2D eigenvalue weighted by Gasteiger charge is -2.06. The lowest BCUT2D eigenvalue weighted by atomic mass is 10.00. The minimum Gasteiger partial charge on any atom is -0.392 e. The highest BCUT2D eigenvalue weighted by atomic mass is 16.2. The van der Waals surface area contributed by atoms with E-state index in [1.165, 1.54) is 75.3 Å². The van der Waals surface area contributed by atoms with Crippen LogP contribution in [-0.2, 0) is 6.42 Å². The molecule has 0 heterocycles. The minimum atomic E-state index is 0.118. The summed E-state index contributed by atoms with van der Waals surface area (Å²) in [4.78, 5) is 0.